The summed E-state index contributed by atoms with van der Waals surface area (Å²) in [7, 11) is 1.66. The summed E-state index contributed by atoms with van der Waals surface area (Å²) >= 11 is 0. The molecule has 2 aromatic carbocycles. The molecule has 2 saturated heterocycles. The van der Waals surface area contributed by atoms with Crippen LogP contribution >= 0.6 is 0 Å². The van der Waals surface area contributed by atoms with Crippen molar-refractivity contribution in [2.45, 2.75) is 50.1 Å². The van der Waals surface area contributed by atoms with E-state index in [1.165, 1.54) is 12.0 Å². The summed E-state index contributed by atoms with van der Waals surface area (Å²) in [5, 5.41) is 10.2. The van der Waals surface area contributed by atoms with Gasteiger partial charge in [-0.15, -0.1) is 0 Å². The molecule has 1 saturated carbocycles. The van der Waals surface area contributed by atoms with E-state index in [1.807, 2.05) is 24.3 Å². The highest BCUT2D eigenvalue weighted by atomic mass is 16.5. The molecule has 3 fully saturated rings. The van der Waals surface area contributed by atoms with Crippen molar-refractivity contribution in [3.63, 3.8) is 0 Å². The van der Waals surface area contributed by atoms with Gasteiger partial charge in [-0.05, 0) is 62.1 Å². The fourth-order valence-electron chi connectivity index (χ4n) is 5.73. The van der Waals surface area contributed by atoms with Crippen LogP contribution < -0.4 is 4.74 Å². The SMILES string of the molecule is COc1ccccc1C#Cc1ccc([C@H]2[C@H]3CN(C(=O)C4CCC4)CCCCN3[C@H]2CO)cc1. The molecule has 1 amide bonds. The number of ether oxygens (including phenoxy) is 1. The summed E-state index contributed by atoms with van der Waals surface area (Å²) in [6.45, 7) is 2.78. The Morgan fingerprint density at radius 3 is 2.50 bits per heavy atom. The van der Waals surface area contributed by atoms with Crippen LogP contribution in [0.15, 0.2) is 48.5 Å². The molecular weight excluding hydrogens is 424 g/mol. The highest BCUT2D eigenvalue weighted by Gasteiger charge is 2.49. The van der Waals surface area contributed by atoms with Gasteiger partial charge in [0.15, 0.2) is 0 Å². The molecule has 1 aliphatic carbocycles. The number of benzene rings is 2. The van der Waals surface area contributed by atoms with Crippen LogP contribution in [0.25, 0.3) is 0 Å². The third-order valence-electron chi connectivity index (χ3n) is 7.88. The van der Waals surface area contributed by atoms with Crippen molar-refractivity contribution in [2.75, 3.05) is 33.4 Å². The van der Waals surface area contributed by atoms with Crippen molar-refractivity contribution in [3.8, 4) is 17.6 Å². The smallest absolute Gasteiger partial charge is 0.225 e. The van der Waals surface area contributed by atoms with Gasteiger partial charge in [-0.3, -0.25) is 9.69 Å². The van der Waals surface area contributed by atoms with E-state index in [1.54, 1.807) is 7.11 Å². The van der Waals surface area contributed by atoms with Gasteiger partial charge in [-0.2, -0.15) is 0 Å². The number of nitrogens with zero attached hydrogens (tertiary/aromatic N) is 2. The highest BCUT2D eigenvalue weighted by Crippen LogP contribution is 2.42. The van der Waals surface area contributed by atoms with E-state index in [0.29, 0.717) is 5.91 Å². The first kappa shape index (κ1) is 23.0. The van der Waals surface area contributed by atoms with Crippen molar-refractivity contribution in [2.24, 2.45) is 5.92 Å². The summed E-state index contributed by atoms with van der Waals surface area (Å²) in [6.07, 6.45) is 5.39. The third-order valence-corrected chi connectivity index (χ3v) is 7.88. The normalized spacial score (nSPS) is 25.0. The molecule has 2 aromatic rings. The van der Waals surface area contributed by atoms with Crippen LogP contribution in [0.1, 0.15) is 54.7 Å². The van der Waals surface area contributed by atoms with Crippen LogP contribution in [0, 0.1) is 17.8 Å². The second-order valence-corrected chi connectivity index (χ2v) is 9.77. The summed E-state index contributed by atoms with van der Waals surface area (Å²) < 4.78 is 5.39. The lowest BCUT2D eigenvalue weighted by Crippen LogP contribution is -2.68. The standard InChI is InChI=1S/C29H34N2O3/c1-34-27-10-3-2-7-22(27)14-11-21-12-15-23(16-13-21)28-25-19-30(29(33)24-8-6-9-24)17-4-5-18-31(25)26(28)20-32/h2-3,7,10,12-13,15-16,24-26,28,32H,4-6,8-9,17-20H2,1H3/t25-,26+,28+/m1/s1. The largest absolute Gasteiger partial charge is 0.495 e. The van der Waals surface area contributed by atoms with Crippen molar-refractivity contribution in [3.05, 3.63) is 65.2 Å². The molecule has 3 atom stereocenters. The Balaban J connectivity index is 1.33. The Labute approximate surface area is 202 Å². The zero-order chi connectivity index (χ0) is 23.5. The van der Waals surface area contributed by atoms with Gasteiger partial charge in [0, 0.05) is 42.6 Å². The first-order valence-electron chi connectivity index (χ1n) is 12.6. The molecule has 178 valence electrons. The van der Waals surface area contributed by atoms with E-state index in [2.05, 4.69) is 45.9 Å². The van der Waals surface area contributed by atoms with Crippen LogP contribution in [-0.2, 0) is 4.79 Å². The maximum Gasteiger partial charge on any atom is 0.225 e. The number of rotatable bonds is 4. The zero-order valence-electron chi connectivity index (χ0n) is 20.0. The van der Waals surface area contributed by atoms with Crippen LogP contribution in [0.5, 0.6) is 5.75 Å². The van der Waals surface area contributed by atoms with Gasteiger partial charge < -0.3 is 14.7 Å². The molecule has 0 spiro atoms. The van der Waals surface area contributed by atoms with Gasteiger partial charge in [0.1, 0.15) is 5.75 Å². The number of amides is 1. The number of methoxy groups -OCH3 is 1. The number of fused-ring (bicyclic) bond motifs is 1. The molecule has 2 aliphatic heterocycles. The predicted molar refractivity (Wildman–Crippen MR) is 133 cm³/mol. The number of carbonyl (C=O) groups excluding carboxylic acids is 1. The van der Waals surface area contributed by atoms with Gasteiger partial charge in [-0.25, -0.2) is 0 Å². The van der Waals surface area contributed by atoms with E-state index in [9.17, 15) is 9.90 Å². The first-order chi connectivity index (χ1) is 16.7. The topological polar surface area (TPSA) is 53.0 Å². The van der Waals surface area contributed by atoms with E-state index in [-0.39, 0.29) is 30.5 Å². The molecule has 0 bridgehead atoms. The molecule has 0 aromatic heterocycles. The summed E-state index contributed by atoms with van der Waals surface area (Å²) in [4.78, 5) is 17.6. The average Bonchev–Trinajstić information content (AvgIpc) is 2.81. The van der Waals surface area contributed by atoms with Crippen molar-refractivity contribution < 1.29 is 14.6 Å². The predicted octanol–water partition coefficient (Wildman–Crippen LogP) is 3.65. The maximum absolute atomic E-state index is 13.0. The molecule has 2 heterocycles. The first-order valence-corrected chi connectivity index (χ1v) is 12.6. The lowest BCUT2D eigenvalue weighted by Gasteiger charge is -2.57. The van der Waals surface area contributed by atoms with Crippen LogP contribution in [-0.4, -0.2) is 66.2 Å². The van der Waals surface area contributed by atoms with Gasteiger partial charge in [0.05, 0.1) is 19.3 Å². The minimum absolute atomic E-state index is 0.120. The molecule has 34 heavy (non-hydrogen) atoms. The van der Waals surface area contributed by atoms with Gasteiger partial charge >= 0.3 is 0 Å². The Hall–Kier alpha value is -2.81. The molecule has 5 heteroatoms. The van der Waals surface area contributed by atoms with E-state index in [0.717, 1.165) is 62.2 Å². The number of hydrogen-bond acceptors (Lipinski definition) is 4. The Kier molecular flexibility index (Phi) is 6.89. The van der Waals surface area contributed by atoms with Crippen molar-refractivity contribution in [1.82, 2.24) is 9.80 Å². The molecular formula is C29H34N2O3. The monoisotopic (exact) mass is 458 g/mol. The lowest BCUT2D eigenvalue weighted by atomic mass is 9.74. The van der Waals surface area contributed by atoms with E-state index in [4.69, 9.17) is 4.74 Å². The Morgan fingerprint density at radius 1 is 1.03 bits per heavy atom. The third kappa shape index (κ3) is 4.45. The summed E-state index contributed by atoms with van der Waals surface area (Å²) in [5.41, 5.74) is 3.04. The number of para-hydroxylation sites is 1. The number of aliphatic hydroxyl groups excluding tert-OH is 1. The minimum Gasteiger partial charge on any atom is -0.495 e. The number of carbonyl (C=O) groups is 1. The summed E-state index contributed by atoms with van der Waals surface area (Å²) in [6, 6.07) is 16.6. The molecule has 3 aliphatic rings. The second kappa shape index (κ2) is 10.2. The quantitative estimate of drug-likeness (QED) is 0.711. The van der Waals surface area contributed by atoms with Gasteiger partial charge in [0.25, 0.3) is 0 Å². The van der Waals surface area contributed by atoms with Crippen LogP contribution in [0.2, 0.25) is 0 Å². The molecule has 0 radical (unpaired) electrons. The van der Waals surface area contributed by atoms with E-state index < -0.39 is 0 Å². The molecule has 1 N–H and O–H groups in total. The fourth-order valence-corrected chi connectivity index (χ4v) is 5.73. The van der Waals surface area contributed by atoms with Crippen molar-refractivity contribution >= 4 is 5.91 Å². The average molecular weight is 459 g/mol. The fraction of sp³-hybridized carbons (Fsp3) is 0.483. The van der Waals surface area contributed by atoms with E-state index >= 15 is 0 Å². The number of aliphatic hydroxyl groups is 1. The summed E-state index contributed by atoms with van der Waals surface area (Å²) in [5.74, 6) is 8.05. The molecule has 0 unspecified atom stereocenters. The second-order valence-electron chi connectivity index (χ2n) is 9.77. The van der Waals surface area contributed by atoms with Crippen molar-refractivity contribution in [1.29, 1.82) is 0 Å². The Bertz CT molecular complexity index is 1070. The molecule has 5 nitrogen and oxygen atoms in total. The van der Waals surface area contributed by atoms with Gasteiger partial charge in [0.2, 0.25) is 5.91 Å². The molecule has 5 rings (SSSR count). The van der Waals surface area contributed by atoms with Crippen LogP contribution in [0.3, 0.4) is 0 Å². The van der Waals surface area contributed by atoms with Crippen LogP contribution in [0.4, 0.5) is 0 Å². The Morgan fingerprint density at radius 2 is 1.79 bits per heavy atom. The highest BCUT2D eigenvalue weighted by molar-refractivity contribution is 5.79. The lowest BCUT2D eigenvalue weighted by molar-refractivity contribution is -0.143. The maximum atomic E-state index is 13.0. The van der Waals surface area contributed by atoms with Gasteiger partial charge in [-0.1, -0.05) is 42.5 Å². The number of hydrogen-bond donors (Lipinski definition) is 1. The minimum atomic E-state index is 0.120. The zero-order valence-corrected chi connectivity index (χ0v) is 20.0.